The molecule has 11 aromatic rings. The van der Waals surface area contributed by atoms with Crippen LogP contribution in [0.3, 0.4) is 0 Å². The molecule has 0 aliphatic carbocycles. The predicted molar refractivity (Wildman–Crippen MR) is 259 cm³/mol. The van der Waals surface area contributed by atoms with Gasteiger partial charge in [-0.1, -0.05) is 176 Å². The number of nitrogens with zero attached hydrogens (tertiary/aromatic N) is 3. The Morgan fingerprint density at radius 3 is 1.56 bits per heavy atom. The maximum Gasteiger partial charge on any atom is 0.0619 e. The van der Waals surface area contributed by atoms with E-state index in [1.54, 1.807) is 0 Å². The molecular weight excluding hydrogens is 739 g/mol. The van der Waals surface area contributed by atoms with Gasteiger partial charge in [0, 0.05) is 50.2 Å². The summed E-state index contributed by atoms with van der Waals surface area (Å²) in [6.45, 7) is 0. The van der Waals surface area contributed by atoms with Gasteiger partial charge in [-0.15, -0.1) is 0 Å². The van der Waals surface area contributed by atoms with Gasteiger partial charge < -0.3 is 14.0 Å². The minimum Gasteiger partial charge on any atom is -0.310 e. The van der Waals surface area contributed by atoms with Crippen molar-refractivity contribution in [3.63, 3.8) is 0 Å². The third-order valence-corrected chi connectivity index (χ3v) is 11.7. The third-order valence-electron chi connectivity index (χ3n) is 11.7. The molecule has 0 amide bonds. The van der Waals surface area contributed by atoms with Crippen LogP contribution in [0.25, 0.3) is 78.6 Å². The van der Waals surface area contributed by atoms with Crippen LogP contribution in [0.4, 0.5) is 17.1 Å². The highest BCUT2D eigenvalue weighted by Gasteiger charge is 2.23. The van der Waals surface area contributed by atoms with E-state index < -0.39 is 0 Å². The fourth-order valence-corrected chi connectivity index (χ4v) is 9.00. The summed E-state index contributed by atoms with van der Waals surface area (Å²) in [5.74, 6) is 0. The lowest BCUT2D eigenvalue weighted by molar-refractivity contribution is 1.13. The number of benzene rings is 9. The SMILES string of the molecule is C(=Cc1cccc2c(-c3ccccc3)c(-c3ccccc3)n(-c3ccccc3)c12)c1ccc(N(c2ccccc2)c2ccc3c(c2)c2ccccc2n3-c2ccccc2)cc1. The Kier molecular flexibility index (Phi) is 9.18. The molecule has 61 heavy (non-hydrogen) atoms. The van der Waals surface area contributed by atoms with Gasteiger partial charge in [-0.3, -0.25) is 0 Å². The van der Waals surface area contributed by atoms with E-state index in [1.165, 1.54) is 55.1 Å². The second kappa shape index (κ2) is 15.6. The van der Waals surface area contributed by atoms with Crippen LogP contribution < -0.4 is 4.90 Å². The minimum atomic E-state index is 1.09. The zero-order valence-electron chi connectivity index (χ0n) is 33.5. The van der Waals surface area contributed by atoms with Gasteiger partial charge in [0.1, 0.15) is 0 Å². The standard InChI is InChI=1S/C58H41N3/c1-6-19-43(20-7-1)56-52-31-18-23-45(57(52)61(48-28-14-5-15-29-48)58(56)44-21-8-2-9-22-44)36-33-42-34-37-49(38-35-42)59(46-24-10-3-11-25-46)50-39-40-55-53(41-50)51-30-16-17-32-54(51)60(55)47-26-12-4-13-27-47/h1-41H. The molecule has 0 aliphatic rings. The quantitative estimate of drug-likeness (QED) is 0.133. The van der Waals surface area contributed by atoms with Crippen molar-refractivity contribution in [1.29, 1.82) is 0 Å². The number of rotatable bonds is 9. The van der Waals surface area contributed by atoms with Crippen molar-refractivity contribution < 1.29 is 0 Å². The van der Waals surface area contributed by atoms with Gasteiger partial charge in [0.05, 0.1) is 22.2 Å². The Balaban J connectivity index is 1.02. The monoisotopic (exact) mass is 779 g/mol. The number of hydrogen-bond donors (Lipinski definition) is 0. The fraction of sp³-hybridized carbons (Fsp3) is 0. The minimum absolute atomic E-state index is 1.09. The van der Waals surface area contributed by atoms with E-state index >= 15 is 0 Å². The first-order valence-electron chi connectivity index (χ1n) is 20.9. The van der Waals surface area contributed by atoms with Gasteiger partial charge in [-0.05, 0) is 95.1 Å². The molecule has 0 atom stereocenters. The number of hydrogen-bond acceptors (Lipinski definition) is 1. The highest BCUT2D eigenvalue weighted by atomic mass is 15.1. The fourth-order valence-electron chi connectivity index (χ4n) is 9.00. The van der Waals surface area contributed by atoms with Crippen molar-refractivity contribution in [2.24, 2.45) is 0 Å². The summed E-state index contributed by atoms with van der Waals surface area (Å²) >= 11 is 0. The topological polar surface area (TPSA) is 13.1 Å². The Morgan fingerprint density at radius 2 is 0.869 bits per heavy atom. The van der Waals surface area contributed by atoms with Crippen LogP contribution >= 0.6 is 0 Å². The average molecular weight is 780 g/mol. The van der Waals surface area contributed by atoms with Crippen LogP contribution in [0, 0.1) is 0 Å². The summed E-state index contributed by atoms with van der Waals surface area (Å²) in [6, 6.07) is 84.8. The summed E-state index contributed by atoms with van der Waals surface area (Å²) in [6.07, 6.45) is 4.51. The van der Waals surface area contributed by atoms with Crippen LogP contribution in [0.15, 0.2) is 237 Å². The molecule has 0 aliphatic heterocycles. The maximum atomic E-state index is 2.45. The molecule has 9 aromatic carbocycles. The number of fused-ring (bicyclic) bond motifs is 4. The highest BCUT2D eigenvalue weighted by molar-refractivity contribution is 6.11. The van der Waals surface area contributed by atoms with Crippen molar-refractivity contribution in [2.45, 2.75) is 0 Å². The lowest BCUT2D eigenvalue weighted by Crippen LogP contribution is -2.09. The first-order chi connectivity index (χ1) is 30.3. The largest absolute Gasteiger partial charge is 0.310 e. The Morgan fingerprint density at radius 1 is 0.344 bits per heavy atom. The van der Waals surface area contributed by atoms with Crippen molar-refractivity contribution in [2.75, 3.05) is 4.90 Å². The average Bonchev–Trinajstić information content (AvgIpc) is 3.87. The molecule has 288 valence electrons. The molecule has 0 unspecified atom stereocenters. The van der Waals surface area contributed by atoms with E-state index in [9.17, 15) is 0 Å². The van der Waals surface area contributed by atoms with Crippen LogP contribution in [0.2, 0.25) is 0 Å². The van der Waals surface area contributed by atoms with Crippen molar-refractivity contribution in [1.82, 2.24) is 9.13 Å². The van der Waals surface area contributed by atoms with Gasteiger partial charge in [-0.25, -0.2) is 0 Å². The number of anilines is 3. The molecule has 2 aromatic heterocycles. The van der Waals surface area contributed by atoms with Crippen molar-refractivity contribution in [3.8, 4) is 33.8 Å². The molecule has 11 rings (SSSR count). The summed E-state index contributed by atoms with van der Waals surface area (Å²) in [5, 5.41) is 3.67. The van der Waals surface area contributed by atoms with Crippen LogP contribution in [-0.4, -0.2) is 9.13 Å². The molecule has 3 heteroatoms. The zero-order chi connectivity index (χ0) is 40.5. The second-order valence-corrected chi connectivity index (χ2v) is 15.4. The van der Waals surface area contributed by atoms with Crippen molar-refractivity contribution >= 4 is 61.9 Å². The lowest BCUT2D eigenvalue weighted by atomic mass is 9.97. The Labute approximate surface area is 356 Å². The molecule has 3 nitrogen and oxygen atoms in total. The summed E-state index contributed by atoms with van der Waals surface area (Å²) in [7, 11) is 0. The number of aromatic nitrogens is 2. The first kappa shape index (κ1) is 36.0. The van der Waals surface area contributed by atoms with E-state index in [-0.39, 0.29) is 0 Å². The van der Waals surface area contributed by atoms with E-state index in [2.05, 4.69) is 263 Å². The van der Waals surface area contributed by atoms with E-state index in [0.717, 1.165) is 39.6 Å². The molecule has 2 heterocycles. The number of para-hydroxylation sites is 5. The third kappa shape index (κ3) is 6.50. The van der Waals surface area contributed by atoms with Crippen LogP contribution in [-0.2, 0) is 0 Å². The normalized spacial score (nSPS) is 11.5. The van der Waals surface area contributed by atoms with Crippen LogP contribution in [0.1, 0.15) is 11.1 Å². The Bertz CT molecular complexity index is 3310. The summed E-state index contributed by atoms with van der Waals surface area (Å²) < 4.78 is 4.81. The zero-order valence-corrected chi connectivity index (χ0v) is 33.5. The smallest absolute Gasteiger partial charge is 0.0619 e. The summed E-state index contributed by atoms with van der Waals surface area (Å²) in [4.78, 5) is 2.35. The van der Waals surface area contributed by atoms with Gasteiger partial charge in [0.25, 0.3) is 0 Å². The molecule has 0 fully saturated rings. The van der Waals surface area contributed by atoms with Crippen molar-refractivity contribution in [3.05, 3.63) is 248 Å². The molecule has 0 spiro atoms. The molecule has 0 saturated carbocycles. The summed E-state index contributed by atoms with van der Waals surface area (Å²) in [5.41, 5.74) is 16.2. The Hall–Kier alpha value is -8.14. The van der Waals surface area contributed by atoms with E-state index in [4.69, 9.17) is 0 Å². The molecule has 0 radical (unpaired) electrons. The molecular formula is C58H41N3. The molecule has 0 bridgehead atoms. The predicted octanol–water partition coefficient (Wildman–Crippen LogP) is 15.7. The van der Waals surface area contributed by atoms with Gasteiger partial charge in [-0.2, -0.15) is 0 Å². The first-order valence-corrected chi connectivity index (χ1v) is 20.9. The van der Waals surface area contributed by atoms with E-state index in [0.29, 0.717) is 0 Å². The lowest BCUT2D eigenvalue weighted by Gasteiger charge is -2.25. The van der Waals surface area contributed by atoms with Crippen LogP contribution in [0.5, 0.6) is 0 Å². The van der Waals surface area contributed by atoms with Gasteiger partial charge >= 0.3 is 0 Å². The molecule has 0 N–H and O–H groups in total. The second-order valence-electron chi connectivity index (χ2n) is 15.4. The van der Waals surface area contributed by atoms with Gasteiger partial charge in [0.2, 0.25) is 0 Å². The molecule has 0 saturated heterocycles. The highest BCUT2D eigenvalue weighted by Crippen LogP contribution is 2.45. The maximum absolute atomic E-state index is 2.45. The van der Waals surface area contributed by atoms with E-state index in [1.807, 2.05) is 0 Å². The van der Waals surface area contributed by atoms with Gasteiger partial charge in [0.15, 0.2) is 0 Å².